The maximum absolute atomic E-state index is 14.1. The number of hydrogen-bond donors (Lipinski definition) is 0. The van der Waals surface area contributed by atoms with Crippen LogP contribution >= 0.6 is 66.4 Å². The van der Waals surface area contributed by atoms with Gasteiger partial charge >= 0.3 is 5.97 Å². The van der Waals surface area contributed by atoms with Crippen LogP contribution in [0.3, 0.4) is 0 Å². The second-order valence-corrected chi connectivity index (χ2v) is 13.6. The standard InChI is InChI=1S/C33H28Br2Cl2N2O5S/c1-4-6-25-29(32(41)43-5-2)30(22-15-20(34)9-12-26(22)42-3)39-31(40)28(45-33(39)38-25)14-18-7-11-27(23(35)13-18)44-17-19-8-10-21(36)16-24(19)37/h7-16,30H,4-6,17H2,1-3H3/b28-14+/t30-/m1/s1. The van der Waals surface area contributed by atoms with Crippen molar-refractivity contribution in [2.45, 2.75) is 39.3 Å². The normalized spacial score (nSPS) is 14.6. The Morgan fingerprint density at radius 1 is 1.07 bits per heavy atom. The molecule has 1 atom stereocenters. The zero-order valence-corrected chi connectivity index (χ0v) is 30.0. The molecule has 1 aliphatic rings. The van der Waals surface area contributed by atoms with Gasteiger partial charge in [0.2, 0.25) is 0 Å². The summed E-state index contributed by atoms with van der Waals surface area (Å²) in [5, 5.41) is 1.08. The molecular formula is C33H28Br2Cl2N2O5S. The van der Waals surface area contributed by atoms with Crippen molar-refractivity contribution >= 4 is 78.4 Å². The zero-order valence-electron chi connectivity index (χ0n) is 24.5. The summed E-state index contributed by atoms with van der Waals surface area (Å²) in [6.07, 6.45) is 3.10. The van der Waals surface area contributed by atoms with Gasteiger partial charge in [0.05, 0.1) is 34.0 Å². The summed E-state index contributed by atoms with van der Waals surface area (Å²) in [6.45, 7) is 4.22. The number of nitrogens with zero attached hydrogens (tertiary/aromatic N) is 2. The summed E-state index contributed by atoms with van der Waals surface area (Å²) in [4.78, 5) is 32.9. The Bertz CT molecular complexity index is 1990. The smallest absolute Gasteiger partial charge is 0.338 e. The van der Waals surface area contributed by atoms with Crippen LogP contribution in [0.5, 0.6) is 11.5 Å². The first-order valence-corrected chi connectivity index (χ1v) is 17.2. The largest absolute Gasteiger partial charge is 0.496 e. The third-order valence-corrected chi connectivity index (χ3v) is 9.71. The monoisotopic (exact) mass is 792 g/mol. The van der Waals surface area contributed by atoms with Crippen LogP contribution in [0.15, 0.2) is 84.6 Å². The predicted molar refractivity (Wildman–Crippen MR) is 185 cm³/mol. The molecule has 2 heterocycles. The van der Waals surface area contributed by atoms with Crippen LogP contribution in [0.4, 0.5) is 0 Å². The molecule has 1 aliphatic heterocycles. The van der Waals surface area contributed by atoms with E-state index in [0.717, 1.165) is 22.0 Å². The quantitative estimate of drug-likeness (QED) is 0.152. The molecule has 4 aromatic rings. The number of benzene rings is 3. The summed E-state index contributed by atoms with van der Waals surface area (Å²) in [5.41, 5.74) is 2.88. The minimum atomic E-state index is -0.793. The molecule has 234 valence electrons. The Kier molecular flexibility index (Phi) is 10.9. The third kappa shape index (κ3) is 7.25. The number of hydrogen-bond acceptors (Lipinski definition) is 7. The number of carbonyl (C=O) groups is 1. The van der Waals surface area contributed by atoms with Gasteiger partial charge in [-0.1, -0.05) is 75.9 Å². The molecule has 0 unspecified atom stereocenters. The molecular weight excluding hydrogens is 767 g/mol. The summed E-state index contributed by atoms with van der Waals surface area (Å²) < 4.78 is 20.7. The van der Waals surface area contributed by atoms with Crippen molar-refractivity contribution in [2.75, 3.05) is 13.7 Å². The zero-order chi connectivity index (χ0) is 32.2. The second-order valence-electron chi connectivity index (χ2n) is 10.0. The highest BCUT2D eigenvalue weighted by Gasteiger charge is 2.36. The number of allylic oxidation sites excluding steroid dienone is 1. The number of halogens is 4. The van der Waals surface area contributed by atoms with E-state index in [2.05, 4.69) is 31.9 Å². The highest BCUT2D eigenvalue weighted by atomic mass is 79.9. The average Bonchev–Trinajstić information content (AvgIpc) is 3.31. The van der Waals surface area contributed by atoms with E-state index in [1.54, 1.807) is 42.9 Å². The van der Waals surface area contributed by atoms with Gasteiger partial charge in [-0.3, -0.25) is 9.36 Å². The van der Waals surface area contributed by atoms with Crippen LogP contribution in [-0.2, 0) is 16.1 Å². The first-order valence-electron chi connectivity index (χ1n) is 14.1. The highest BCUT2D eigenvalue weighted by molar-refractivity contribution is 9.10. The van der Waals surface area contributed by atoms with Crippen LogP contribution in [0.25, 0.3) is 6.08 Å². The molecule has 0 aliphatic carbocycles. The fourth-order valence-electron chi connectivity index (χ4n) is 5.00. The fraction of sp³-hybridized carbons (Fsp3) is 0.242. The summed E-state index contributed by atoms with van der Waals surface area (Å²) in [7, 11) is 1.56. The first-order chi connectivity index (χ1) is 21.6. The molecule has 0 saturated carbocycles. The molecule has 12 heteroatoms. The topological polar surface area (TPSA) is 79.1 Å². The van der Waals surface area contributed by atoms with Gasteiger partial charge in [-0.05, 0) is 83.4 Å². The Balaban J connectivity index is 1.59. The van der Waals surface area contributed by atoms with Gasteiger partial charge in [-0.2, -0.15) is 0 Å². The molecule has 7 nitrogen and oxygen atoms in total. The number of esters is 1. The molecule has 0 radical (unpaired) electrons. The maximum atomic E-state index is 14.1. The predicted octanol–water partition coefficient (Wildman–Crippen LogP) is 8.00. The molecule has 0 saturated heterocycles. The minimum absolute atomic E-state index is 0.190. The SMILES string of the molecule is CCCC1=C(C(=O)OCC)[C@@H](c2cc(Br)ccc2OC)n2c(s/c(=C/c3ccc(OCc4ccc(Cl)cc4Cl)c(Br)c3)c2=O)=N1. The Hall–Kier alpha value is -2.89. The van der Waals surface area contributed by atoms with E-state index in [4.69, 9.17) is 42.4 Å². The van der Waals surface area contributed by atoms with Gasteiger partial charge in [0, 0.05) is 25.6 Å². The molecule has 0 spiro atoms. The van der Waals surface area contributed by atoms with Crippen molar-refractivity contribution in [1.82, 2.24) is 4.57 Å². The van der Waals surface area contributed by atoms with Crippen molar-refractivity contribution in [3.05, 3.63) is 121 Å². The van der Waals surface area contributed by atoms with Crippen LogP contribution in [0, 0.1) is 0 Å². The van der Waals surface area contributed by atoms with Gasteiger partial charge in [-0.25, -0.2) is 9.79 Å². The van der Waals surface area contributed by atoms with Gasteiger partial charge in [0.15, 0.2) is 4.80 Å². The van der Waals surface area contributed by atoms with E-state index in [-0.39, 0.29) is 18.8 Å². The maximum Gasteiger partial charge on any atom is 0.338 e. The van der Waals surface area contributed by atoms with Gasteiger partial charge in [0.25, 0.3) is 5.56 Å². The van der Waals surface area contributed by atoms with E-state index in [1.165, 1.54) is 11.3 Å². The van der Waals surface area contributed by atoms with Crippen LogP contribution < -0.4 is 24.4 Å². The number of methoxy groups -OCH3 is 1. The van der Waals surface area contributed by atoms with Crippen molar-refractivity contribution in [3.63, 3.8) is 0 Å². The number of carbonyl (C=O) groups excluding carboxylic acids is 1. The van der Waals surface area contributed by atoms with Crippen molar-refractivity contribution in [1.29, 1.82) is 0 Å². The lowest BCUT2D eigenvalue weighted by Crippen LogP contribution is -2.40. The first kappa shape index (κ1) is 33.5. The highest BCUT2D eigenvalue weighted by Crippen LogP contribution is 2.38. The van der Waals surface area contributed by atoms with Crippen LogP contribution in [0.2, 0.25) is 10.0 Å². The van der Waals surface area contributed by atoms with Gasteiger partial charge in [0.1, 0.15) is 24.1 Å². The minimum Gasteiger partial charge on any atom is -0.496 e. The van der Waals surface area contributed by atoms with Crippen molar-refractivity contribution in [2.24, 2.45) is 4.99 Å². The number of thiazole rings is 1. The number of rotatable bonds is 10. The van der Waals surface area contributed by atoms with Crippen LogP contribution in [0.1, 0.15) is 49.4 Å². The Morgan fingerprint density at radius 3 is 2.53 bits per heavy atom. The Labute approximate surface area is 291 Å². The third-order valence-electron chi connectivity index (χ3n) is 7.03. The van der Waals surface area contributed by atoms with E-state index in [1.807, 2.05) is 43.3 Å². The number of ether oxygens (including phenoxy) is 3. The van der Waals surface area contributed by atoms with Gasteiger partial charge in [-0.15, -0.1) is 0 Å². The van der Waals surface area contributed by atoms with E-state index in [9.17, 15) is 9.59 Å². The lowest BCUT2D eigenvalue weighted by Gasteiger charge is -2.27. The van der Waals surface area contributed by atoms with E-state index < -0.39 is 12.0 Å². The molecule has 0 bridgehead atoms. The van der Waals surface area contributed by atoms with E-state index in [0.29, 0.717) is 58.6 Å². The summed E-state index contributed by atoms with van der Waals surface area (Å²) in [5.74, 6) is 0.645. The average molecular weight is 795 g/mol. The summed E-state index contributed by atoms with van der Waals surface area (Å²) in [6, 6.07) is 15.5. The van der Waals surface area contributed by atoms with Crippen molar-refractivity contribution < 1.29 is 19.0 Å². The van der Waals surface area contributed by atoms with E-state index >= 15 is 0 Å². The molecule has 45 heavy (non-hydrogen) atoms. The molecule has 0 fully saturated rings. The lowest BCUT2D eigenvalue weighted by atomic mass is 9.93. The second kappa shape index (κ2) is 14.7. The molecule has 5 rings (SSSR count). The molecule has 3 aromatic carbocycles. The van der Waals surface area contributed by atoms with Gasteiger partial charge < -0.3 is 14.2 Å². The number of aromatic nitrogens is 1. The molecule has 1 aromatic heterocycles. The fourth-order valence-corrected chi connectivity index (χ4v) is 7.38. The van der Waals surface area contributed by atoms with Crippen LogP contribution in [-0.4, -0.2) is 24.3 Å². The Morgan fingerprint density at radius 2 is 1.84 bits per heavy atom. The lowest BCUT2D eigenvalue weighted by molar-refractivity contribution is -0.139. The van der Waals surface area contributed by atoms with Crippen molar-refractivity contribution in [3.8, 4) is 11.5 Å². The molecule has 0 N–H and O–H groups in total. The number of fused-ring (bicyclic) bond motifs is 1. The molecule has 0 amide bonds. The summed E-state index contributed by atoms with van der Waals surface area (Å²) >= 11 is 20.7.